The molecule has 0 amide bonds. The van der Waals surface area contributed by atoms with Crippen LogP contribution in [0.5, 0.6) is 11.5 Å². The van der Waals surface area contributed by atoms with Crippen LogP contribution >= 0.6 is 11.3 Å². The zero-order chi connectivity index (χ0) is 25.1. The van der Waals surface area contributed by atoms with Gasteiger partial charge in [-0.3, -0.25) is 0 Å². The summed E-state index contributed by atoms with van der Waals surface area (Å²) in [5, 5.41) is 5.22. The molecule has 0 N–H and O–H groups in total. The van der Waals surface area contributed by atoms with Crippen molar-refractivity contribution < 1.29 is 14.2 Å². The van der Waals surface area contributed by atoms with Gasteiger partial charge < -0.3 is 18.8 Å². The molecule has 0 bridgehead atoms. The fourth-order valence-corrected chi connectivity index (χ4v) is 5.05. The first-order valence-electron chi connectivity index (χ1n) is 11.6. The monoisotopic (exact) mass is 493 g/mol. The second kappa shape index (κ2) is 10.3. The Morgan fingerprint density at radius 1 is 0.778 bits per heavy atom. The first-order valence-corrected chi connectivity index (χ1v) is 12.5. The molecule has 0 spiro atoms. The molecule has 5 aromatic rings. The minimum atomic E-state index is 0.605. The van der Waals surface area contributed by atoms with Crippen LogP contribution in [0.4, 0.5) is 0 Å². The highest BCUT2D eigenvalue weighted by atomic mass is 32.1. The third-order valence-corrected chi connectivity index (χ3v) is 6.96. The molecular formula is C31H27NO3S. The minimum absolute atomic E-state index is 0.605. The molecule has 2 heterocycles. The van der Waals surface area contributed by atoms with Crippen LogP contribution in [-0.2, 0) is 18.4 Å². The summed E-state index contributed by atoms with van der Waals surface area (Å²) < 4.78 is 18.6. The van der Waals surface area contributed by atoms with Gasteiger partial charge in [-0.25, -0.2) is 0 Å². The highest BCUT2D eigenvalue weighted by molar-refractivity contribution is 7.08. The Morgan fingerprint density at radius 2 is 1.50 bits per heavy atom. The van der Waals surface area contributed by atoms with Crippen LogP contribution in [0.1, 0.15) is 16.7 Å². The molecule has 0 unspecified atom stereocenters. The van der Waals surface area contributed by atoms with Crippen LogP contribution in [0.15, 0.2) is 77.5 Å². The van der Waals surface area contributed by atoms with E-state index in [0.29, 0.717) is 6.61 Å². The zero-order valence-corrected chi connectivity index (χ0v) is 21.6. The van der Waals surface area contributed by atoms with E-state index < -0.39 is 0 Å². The average Bonchev–Trinajstić information content (AvgIpc) is 3.53. The van der Waals surface area contributed by atoms with Crippen molar-refractivity contribution in [3.05, 3.63) is 94.2 Å². The van der Waals surface area contributed by atoms with Gasteiger partial charge in [0.15, 0.2) is 0 Å². The molecular weight excluding hydrogens is 466 g/mol. The van der Waals surface area contributed by atoms with Gasteiger partial charge in [0.2, 0.25) is 0 Å². The second-order valence-electron chi connectivity index (χ2n) is 8.51. The number of nitrogens with zero attached hydrogens (tertiary/aromatic N) is 1. The number of fused-ring (bicyclic) bond motifs is 1. The van der Waals surface area contributed by atoms with Crippen molar-refractivity contribution in [1.29, 1.82) is 0 Å². The fraction of sp³-hybridized carbons (Fsp3) is 0.161. The molecule has 5 heteroatoms. The maximum absolute atomic E-state index is 5.56. The van der Waals surface area contributed by atoms with E-state index in [2.05, 4.69) is 71.3 Å². The number of benzene rings is 3. The predicted molar refractivity (Wildman–Crippen MR) is 148 cm³/mol. The summed E-state index contributed by atoms with van der Waals surface area (Å²) in [4.78, 5) is 0. The van der Waals surface area contributed by atoms with Crippen LogP contribution in [-0.4, -0.2) is 25.9 Å². The molecule has 0 aliphatic heterocycles. The van der Waals surface area contributed by atoms with Gasteiger partial charge in [0, 0.05) is 47.6 Å². The van der Waals surface area contributed by atoms with Crippen molar-refractivity contribution in [3.8, 4) is 45.7 Å². The molecule has 36 heavy (non-hydrogen) atoms. The maximum Gasteiger partial charge on any atom is 0.123 e. The van der Waals surface area contributed by atoms with Gasteiger partial charge in [0.25, 0.3) is 0 Å². The van der Waals surface area contributed by atoms with Crippen molar-refractivity contribution in [3.63, 3.8) is 0 Å². The largest absolute Gasteiger partial charge is 0.497 e. The Bertz CT molecular complexity index is 1550. The van der Waals surface area contributed by atoms with E-state index in [9.17, 15) is 0 Å². The molecule has 0 saturated carbocycles. The zero-order valence-electron chi connectivity index (χ0n) is 20.8. The summed E-state index contributed by atoms with van der Waals surface area (Å²) in [6.45, 7) is 0.605. The van der Waals surface area contributed by atoms with Crippen LogP contribution < -0.4 is 9.47 Å². The number of thiophene rings is 1. The molecule has 0 fully saturated rings. The summed E-state index contributed by atoms with van der Waals surface area (Å²) in [6.07, 6.45) is 0. The van der Waals surface area contributed by atoms with Gasteiger partial charge >= 0.3 is 0 Å². The van der Waals surface area contributed by atoms with Gasteiger partial charge in [0.05, 0.1) is 32.1 Å². The van der Waals surface area contributed by atoms with Crippen molar-refractivity contribution in [1.82, 2.24) is 4.57 Å². The summed E-state index contributed by atoms with van der Waals surface area (Å²) in [5.74, 6) is 8.34. The van der Waals surface area contributed by atoms with Gasteiger partial charge in [-0.15, -0.1) is 0 Å². The molecule has 0 aliphatic carbocycles. The Labute approximate surface area is 215 Å². The number of aromatic nitrogens is 1. The quantitative estimate of drug-likeness (QED) is 0.236. The Hall–Kier alpha value is -3.98. The van der Waals surface area contributed by atoms with Gasteiger partial charge in [-0.2, -0.15) is 11.3 Å². The van der Waals surface area contributed by atoms with E-state index in [1.165, 1.54) is 0 Å². The second-order valence-corrected chi connectivity index (χ2v) is 9.29. The van der Waals surface area contributed by atoms with Crippen molar-refractivity contribution in [2.75, 3.05) is 21.3 Å². The number of hydrogen-bond donors (Lipinski definition) is 0. The van der Waals surface area contributed by atoms with E-state index in [1.807, 2.05) is 29.6 Å². The van der Waals surface area contributed by atoms with E-state index in [0.717, 1.165) is 61.5 Å². The standard InChI is InChI=1S/C31H27NO3S/c1-32-30-12-10-24(23-8-5-21(6-9-23)19-33-2)17-29(30)28(11-7-22-13-14-36-20-22)31(32)25-15-26(34-3)18-27(16-25)35-4/h5-6,8-10,12-18,20H,19H2,1-4H3. The van der Waals surface area contributed by atoms with Crippen LogP contribution in [0.25, 0.3) is 33.3 Å². The Kier molecular flexibility index (Phi) is 6.81. The molecule has 5 rings (SSSR count). The van der Waals surface area contributed by atoms with E-state index >= 15 is 0 Å². The fourth-order valence-electron chi connectivity index (χ4n) is 4.46. The average molecular weight is 494 g/mol. The SMILES string of the molecule is COCc1ccc(-c2ccc3c(c2)c(C#Cc2ccsc2)c(-c2cc(OC)cc(OC)c2)n3C)cc1. The van der Waals surface area contributed by atoms with E-state index in [-0.39, 0.29) is 0 Å². The molecule has 0 saturated heterocycles. The number of rotatable bonds is 6. The summed E-state index contributed by atoms with van der Waals surface area (Å²) in [6, 6.07) is 23.1. The lowest BCUT2D eigenvalue weighted by molar-refractivity contribution is 0.185. The Morgan fingerprint density at radius 3 is 2.14 bits per heavy atom. The molecule has 0 aliphatic rings. The van der Waals surface area contributed by atoms with Crippen molar-refractivity contribution >= 4 is 22.2 Å². The number of aryl methyl sites for hydroxylation is 1. The topological polar surface area (TPSA) is 32.6 Å². The smallest absolute Gasteiger partial charge is 0.123 e. The lowest BCUT2D eigenvalue weighted by atomic mass is 9.99. The molecule has 180 valence electrons. The lowest BCUT2D eigenvalue weighted by Crippen LogP contribution is -1.95. The molecule has 0 atom stereocenters. The number of methoxy groups -OCH3 is 3. The normalized spacial score (nSPS) is 10.8. The molecule has 3 aromatic carbocycles. The van der Waals surface area contributed by atoms with Crippen molar-refractivity contribution in [2.45, 2.75) is 6.61 Å². The maximum atomic E-state index is 5.56. The van der Waals surface area contributed by atoms with E-state index in [1.54, 1.807) is 32.7 Å². The van der Waals surface area contributed by atoms with Crippen LogP contribution in [0, 0.1) is 11.8 Å². The summed E-state index contributed by atoms with van der Waals surface area (Å²) >= 11 is 1.65. The van der Waals surface area contributed by atoms with Gasteiger partial charge in [-0.1, -0.05) is 42.2 Å². The highest BCUT2D eigenvalue weighted by Gasteiger charge is 2.18. The lowest BCUT2D eigenvalue weighted by Gasteiger charge is -2.10. The Balaban J connectivity index is 1.73. The summed E-state index contributed by atoms with van der Waals surface area (Å²) in [5.41, 5.74) is 8.57. The van der Waals surface area contributed by atoms with Crippen molar-refractivity contribution in [2.24, 2.45) is 7.05 Å². The molecule has 0 radical (unpaired) electrons. The third kappa shape index (κ3) is 4.61. The number of hydrogen-bond acceptors (Lipinski definition) is 4. The molecule has 2 aromatic heterocycles. The van der Waals surface area contributed by atoms with Gasteiger partial charge in [-0.05, 0) is 52.4 Å². The minimum Gasteiger partial charge on any atom is -0.497 e. The van der Waals surface area contributed by atoms with E-state index in [4.69, 9.17) is 14.2 Å². The van der Waals surface area contributed by atoms with Gasteiger partial charge in [0.1, 0.15) is 11.5 Å². The first-order chi connectivity index (χ1) is 17.6. The number of ether oxygens (including phenoxy) is 3. The first kappa shape index (κ1) is 23.7. The molecule has 4 nitrogen and oxygen atoms in total. The summed E-state index contributed by atoms with van der Waals surface area (Å²) in [7, 11) is 7.13. The van der Waals surface area contributed by atoms with Crippen LogP contribution in [0.2, 0.25) is 0 Å². The third-order valence-electron chi connectivity index (χ3n) is 6.28. The predicted octanol–water partition coefficient (Wildman–Crippen LogP) is 7.14. The highest BCUT2D eigenvalue weighted by Crippen LogP contribution is 2.38. The van der Waals surface area contributed by atoms with Crippen LogP contribution in [0.3, 0.4) is 0 Å².